The van der Waals surface area contributed by atoms with Crippen molar-refractivity contribution in [2.24, 2.45) is 5.92 Å². The Balaban J connectivity index is 0.678. The van der Waals surface area contributed by atoms with Crippen LogP contribution in [-0.4, -0.2) is 140 Å². The Labute approximate surface area is 407 Å². The monoisotopic (exact) mass is 934 g/mol. The van der Waals surface area contributed by atoms with E-state index in [0.717, 1.165) is 137 Å². The SMILES string of the molecule is CN(CCN1CCC(OC(=O)Nc2ccccc2-c2ccccc2)CC1)C(=O)c1ccc(CN2CCC(C(=O)N(C)CCN3CCC(OC(=O)Nc4ccccc4-c4ccccc4)CC3)CC2)cc1. The van der Waals surface area contributed by atoms with Crippen LogP contribution in [0.25, 0.3) is 22.3 Å². The molecule has 3 aliphatic rings. The highest BCUT2D eigenvalue weighted by atomic mass is 16.6. The van der Waals surface area contributed by atoms with Gasteiger partial charge >= 0.3 is 12.2 Å². The molecule has 0 bridgehead atoms. The van der Waals surface area contributed by atoms with Crippen LogP contribution in [0, 0.1) is 5.92 Å². The number of hydrogen-bond donors (Lipinski definition) is 2. The van der Waals surface area contributed by atoms with E-state index < -0.39 is 12.2 Å². The lowest BCUT2D eigenvalue weighted by Gasteiger charge is -2.35. The third-order valence-electron chi connectivity index (χ3n) is 13.9. The van der Waals surface area contributed by atoms with Crippen molar-refractivity contribution in [3.8, 4) is 22.3 Å². The number of likely N-dealkylation sites (tertiary alicyclic amines) is 3. The molecule has 4 amide bonds. The minimum Gasteiger partial charge on any atom is -0.446 e. The first-order valence-electron chi connectivity index (χ1n) is 24.7. The molecular weight excluding hydrogens is 867 g/mol. The number of anilines is 2. The fourth-order valence-corrected chi connectivity index (χ4v) is 9.68. The number of para-hydroxylation sites is 2. The van der Waals surface area contributed by atoms with Crippen LogP contribution >= 0.6 is 0 Å². The van der Waals surface area contributed by atoms with E-state index in [-0.39, 0.29) is 29.9 Å². The molecule has 3 saturated heterocycles. The average Bonchev–Trinajstić information content (AvgIpc) is 3.39. The zero-order valence-electron chi connectivity index (χ0n) is 40.1. The summed E-state index contributed by atoms with van der Waals surface area (Å²) in [5, 5.41) is 5.90. The van der Waals surface area contributed by atoms with E-state index in [1.165, 1.54) is 0 Å². The van der Waals surface area contributed by atoms with E-state index in [1.807, 2.05) is 152 Å². The maximum Gasteiger partial charge on any atom is 0.411 e. The van der Waals surface area contributed by atoms with Gasteiger partial charge in [-0.15, -0.1) is 0 Å². The van der Waals surface area contributed by atoms with Crippen LogP contribution < -0.4 is 10.6 Å². The number of likely N-dealkylation sites (N-methyl/N-ethyl adjacent to an activating group) is 2. The molecule has 2 N–H and O–H groups in total. The summed E-state index contributed by atoms with van der Waals surface area (Å²) in [7, 11) is 3.77. The van der Waals surface area contributed by atoms with Gasteiger partial charge in [0, 0.05) is 95.6 Å². The molecule has 3 aliphatic heterocycles. The summed E-state index contributed by atoms with van der Waals surface area (Å²) in [4.78, 5) is 63.3. The third kappa shape index (κ3) is 13.8. The zero-order valence-corrected chi connectivity index (χ0v) is 40.1. The minimum atomic E-state index is -0.441. The molecule has 8 rings (SSSR count). The van der Waals surface area contributed by atoms with Gasteiger partial charge in [-0.05, 0) is 92.6 Å². The summed E-state index contributed by atoms with van der Waals surface area (Å²) in [6.45, 7) is 8.54. The van der Waals surface area contributed by atoms with Gasteiger partial charge in [0.15, 0.2) is 0 Å². The largest absolute Gasteiger partial charge is 0.446 e. The number of carbonyl (C=O) groups excluding carboxylic acids is 4. The lowest BCUT2D eigenvalue weighted by atomic mass is 9.95. The summed E-state index contributed by atoms with van der Waals surface area (Å²) in [6.07, 6.45) is 3.49. The van der Waals surface area contributed by atoms with Crippen LogP contribution in [0.1, 0.15) is 54.4 Å². The van der Waals surface area contributed by atoms with Crippen molar-refractivity contribution in [3.63, 3.8) is 0 Å². The van der Waals surface area contributed by atoms with Crippen LogP contribution in [0.15, 0.2) is 133 Å². The number of benzene rings is 5. The van der Waals surface area contributed by atoms with Crippen molar-refractivity contribution in [2.45, 2.75) is 57.3 Å². The second kappa shape index (κ2) is 24.1. The van der Waals surface area contributed by atoms with Gasteiger partial charge in [-0.2, -0.15) is 0 Å². The molecule has 5 aromatic rings. The van der Waals surface area contributed by atoms with E-state index in [4.69, 9.17) is 9.47 Å². The quantitative estimate of drug-likeness (QED) is 0.0997. The highest BCUT2D eigenvalue weighted by molar-refractivity contribution is 5.94. The van der Waals surface area contributed by atoms with Crippen LogP contribution in [-0.2, 0) is 20.8 Å². The summed E-state index contributed by atoms with van der Waals surface area (Å²) in [5.74, 6) is 0.231. The van der Waals surface area contributed by atoms with Crippen molar-refractivity contribution in [1.82, 2.24) is 24.5 Å². The van der Waals surface area contributed by atoms with E-state index in [2.05, 4.69) is 25.3 Å². The van der Waals surface area contributed by atoms with Crippen molar-refractivity contribution in [1.29, 1.82) is 0 Å². The fourth-order valence-electron chi connectivity index (χ4n) is 9.68. The molecule has 69 heavy (non-hydrogen) atoms. The van der Waals surface area contributed by atoms with E-state index >= 15 is 0 Å². The van der Waals surface area contributed by atoms with Crippen LogP contribution in [0.4, 0.5) is 21.0 Å². The van der Waals surface area contributed by atoms with Crippen LogP contribution in [0.2, 0.25) is 0 Å². The molecule has 0 spiro atoms. The number of nitrogens with one attached hydrogen (secondary N) is 2. The van der Waals surface area contributed by atoms with Gasteiger partial charge in [0.25, 0.3) is 5.91 Å². The molecule has 0 saturated carbocycles. The summed E-state index contributed by atoms with van der Waals surface area (Å²) >= 11 is 0. The van der Waals surface area contributed by atoms with Crippen molar-refractivity contribution >= 4 is 35.4 Å². The van der Waals surface area contributed by atoms with Gasteiger partial charge < -0.3 is 29.1 Å². The Kier molecular flexibility index (Phi) is 17.1. The predicted molar refractivity (Wildman–Crippen MR) is 272 cm³/mol. The highest BCUT2D eigenvalue weighted by Crippen LogP contribution is 2.30. The summed E-state index contributed by atoms with van der Waals surface area (Å²) in [6, 6.07) is 43.4. The maximum absolute atomic E-state index is 13.5. The van der Waals surface area contributed by atoms with E-state index in [9.17, 15) is 19.2 Å². The van der Waals surface area contributed by atoms with Gasteiger partial charge in [0.2, 0.25) is 5.91 Å². The van der Waals surface area contributed by atoms with Crippen molar-refractivity contribution in [3.05, 3.63) is 145 Å². The molecule has 0 atom stereocenters. The van der Waals surface area contributed by atoms with Gasteiger partial charge in [-0.25, -0.2) is 9.59 Å². The van der Waals surface area contributed by atoms with Gasteiger partial charge in [0.05, 0.1) is 11.4 Å². The summed E-state index contributed by atoms with van der Waals surface area (Å²) < 4.78 is 11.6. The number of ether oxygens (including phenoxy) is 2. The average molecular weight is 934 g/mol. The summed E-state index contributed by atoms with van der Waals surface area (Å²) in [5.41, 5.74) is 7.23. The predicted octanol–water partition coefficient (Wildman–Crippen LogP) is 9.19. The fraction of sp³-hybridized carbons (Fsp3) is 0.393. The molecule has 3 fully saturated rings. The first-order valence-corrected chi connectivity index (χ1v) is 24.7. The molecule has 13 nitrogen and oxygen atoms in total. The normalized spacial score (nSPS) is 16.6. The number of piperidine rings is 3. The molecule has 0 aromatic heterocycles. The molecule has 362 valence electrons. The van der Waals surface area contributed by atoms with Crippen LogP contribution in [0.5, 0.6) is 0 Å². The molecule has 3 heterocycles. The Hall–Kier alpha value is -6.54. The molecular formula is C56H67N7O6. The Morgan fingerprint density at radius 1 is 0.507 bits per heavy atom. The first kappa shape index (κ1) is 48.9. The standard InChI is InChI=1S/C56H67N7O6/c1-59(37-39-61-33-27-47(28-34-61)68-55(66)57-51-19-11-9-17-49(51)43-13-5-3-6-14-43)53(64)45-23-21-42(22-24-45)41-63-31-25-46(26-32-63)54(65)60(2)38-40-62-35-29-48(30-36-62)69-56(67)58-52-20-12-10-18-50(52)44-15-7-4-8-16-44/h3-24,46-48H,25-41H2,1-2H3,(H,57,66)(H,58,67). The van der Waals surface area contributed by atoms with Crippen molar-refractivity contribution < 1.29 is 28.7 Å². The smallest absolute Gasteiger partial charge is 0.411 e. The van der Waals surface area contributed by atoms with Gasteiger partial charge in [-0.1, -0.05) is 109 Å². The molecule has 5 aromatic carbocycles. The van der Waals surface area contributed by atoms with Crippen molar-refractivity contribution in [2.75, 3.05) is 90.2 Å². The van der Waals surface area contributed by atoms with E-state index in [0.29, 0.717) is 18.7 Å². The second-order valence-electron chi connectivity index (χ2n) is 18.7. The zero-order chi connectivity index (χ0) is 48.0. The number of amides is 4. The van der Waals surface area contributed by atoms with Crippen LogP contribution in [0.3, 0.4) is 0 Å². The second-order valence-corrected chi connectivity index (χ2v) is 18.7. The van der Waals surface area contributed by atoms with Gasteiger partial charge in [-0.3, -0.25) is 25.1 Å². The Morgan fingerprint density at radius 2 is 0.928 bits per heavy atom. The lowest BCUT2D eigenvalue weighted by Crippen LogP contribution is -2.45. The maximum atomic E-state index is 13.5. The van der Waals surface area contributed by atoms with Gasteiger partial charge in [0.1, 0.15) is 12.2 Å². The number of hydrogen-bond acceptors (Lipinski definition) is 9. The topological polar surface area (TPSA) is 127 Å². The number of rotatable bonds is 16. The minimum absolute atomic E-state index is 0.00397. The first-order chi connectivity index (χ1) is 33.6. The Bertz CT molecular complexity index is 2450. The lowest BCUT2D eigenvalue weighted by molar-refractivity contribution is -0.136. The molecule has 0 aliphatic carbocycles. The number of carbonyl (C=O) groups is 4. The molecule has 0 radical (unpaired) electrons. The Morgan fingerprint density at radius 3 is 1.41 bits per heavy atom. The molecule has 13 heteroatoms. The molecule has 0 unspecified atom stereocenters. The van der Waals surface area contributed by atoms with E-state index in [1.54, 1.807) is 4.90 Å². The number of nitrogens with zero attached hydrogens (tertiary/aromatic N) is 5. The highest BCUT2D eigenvalue weighted by Gasteiger charge is 2.29. The third-order valence-corrected chi connectivity index (χ3v) is 13.9.